The van der Waals surface area contributed by atoms with E-state index in [0.29, 0.717) is 18.1 Å². The molecule has 1 amide bonds. The van der Waals surface area contributed by atoms with Crippen molar-refractivity contribution in [3.05, 3.63) is 78.2 Å². The molecule has 3 rings (SSSR count). The topological polar surface area (TPSA) is 67.3 Å². The number of benzene rings is 2. The van der Waals surface area contributed by atoms with Crippen LogP contribution in [-0.4, -0.2) is 33.9 Å². The van der Waals surface area contributed by atoms with Crippen LogP contribution in [0.25, 0.3) is 0 Å². The first kappa shape index (κ1) is 19.4. The van der Waals surface area contributed by atoms with Crippen molar-refractivity contribution < 1.29 is 9.53 Å². The van der Waals surface area contributed by atoms with E-state index in [-0.39, 0.29) is 12.0 Å². The molecule has 0 saturated carbocycles. The van der Waals surface area contributed by atoms with Crippen LogP contribution in [0.15, 0.2) is 67.0 Å². The number of hydrogen-bond donors (Lipinski definition) is 1. The molecule has 1 N–H and O–H groups in total. The number of anilines is 2. The molecule has 0 aliphatic carbocycles. The lowest BCUT2D eigenvalue weighted by atomic mass is 10.2. The predicted octanol–water partition coefficient (Wildman–Crippen LogP) is 4.28. The highest BCUT2D eigenvalue weighted by Gasteiger charge is 2.14. The van der Waals surface area contributed by atoms with E-state index in [2.05, 4.69) is 15.3 Å². The summed E-state index contributed by atoms with van der Waals surface area (Å²) in [5.74, 6) is 1.11. The Hall–Kier alpha value is -3.41. The third-order valence-electron chi connectivity index (χ3n) is 3.99. The number of rotatable bonds is 7. The quantitative estimate of drug-likeness (QED) is 0.667. The molecule has 0 aliphatic heterocycles. The van der Waals surface area contributed by atoms with Crippen LogP contribution in [0, 0.1) is 0 Å². The summed E-state index contributed by atoms with van der Waals surface area (Å²) in [6.07, 6.45) is 3.10. The van der Waals surface area contributed by atoms with Gasteiger partial charge in [0.15, 0.2) is 0 Å². The van der Waals surface area contributed by atoms with Crippen molar-refractivity contribution in [1.82, 2.24) is 14.9 Å². The summed E-state index contributed by atoms with van der Waals surface area (Å²) in [4.78, 5) is 22.8. The Bertz CT molecular complexity index is 911. The van der Waals surface area contributed by atoms with E-state index in [9.17, 15) is 4.79 Å². The van der Waals surface area contributed by atoms with Gasteiger partial charge < -0.3 is 15.0 Å². The van der Waals surface area contributed by atoms with E-state index in [1.807, 2.05) is 68.4 Å². The lowest BCUT2D eigenvalue weighted by Gasteiger charge is -2.17. The van der Waals surface area contributed by atoms with Gasteiger partial charge in [-0.2, -0.15) is 0 Å². The Kier molecular flexibility index (Phi) is 6.22. The number of hydrogen-bond acceptors (Lipinski definition) is 5. The molecule has 0 unspecified atom stereocenters. The zero-order valence-corrected chi connectivity index (χ0v) is 16.3. The highest BCUT2D eigenvalue weighted by molar-refractivity contribution is 5.91. The Morgan fingerprint density at radius 3 is 2.43 bits per heavy atom. The highest BCUT2D eigenvalue weighted by Crippen LogP contribution is 2.27. The van der Waals surface area contributed by atoms with Crippen LogP contribution in [0.4, 0.5) is 11.5 Å². The second kappa shape index (κ2) is 8.99. The molecule has 0 bridgehead atoms. The molecular formula is C22H24N4O2. The summed E-state index contributed by atoms with van der Waals surface area (Å²) >= 11 is 0. The molecule has 0 spiro atoms. The lowest BCUT2D eigenvalue weighted by Crippen LogP contribution is -2.27. The molecule has 0 radical (unpaired) electrons. The molecule has 1 heterocycles. The van der Waals surface area contributed by atoms with Gasteiger partial charge in [-0.25, -0.2) is 9.97 Å². The van der Waals surface area contributed by atoms with Gasteiger partial charge in [0.05, 0.1) is 24.2 Å². The number of aromatic nitrogens is 2. The standard InChI is InChI=1S/C22H24N4O2/c1-16(2)28-20-12-8-7-11-18(20)25-21-14-23-19(13-24-21)22(27)26(3)15-17-9-5-4-6-10-17/h4-14,16H,15H2,1-3H3,(H,24,25). The van der Waals surface area contributed by atoms with Crippen LogP contribution in [-0.2, 0) is 6.54 Å². The van der Waals surface area contributed by atoms with Crippen molar-refractivity contribution >= 4 is 17.4 Å². The third kappa shape index (κ3) is 5.07. The Balaban J connectivity index is 1.67. The van der Waals surface area contributed by atoms with Crippen molar-refractivity contribution in [3.8, 4) is 5.75 Å². The average molecular weight is 376 g/mol. The normalized spacial score (nSPS) is 10.6. The fraction of sp³-hybridized carbons (Fsp3) is 0.227. The third-order valence-corrected chi connectivity index (χ3v) is 3.99. The highest BCUT2D eigenvalue weighted by atomic mass is 16.5. The van der Waals surface area contributed by atoms with E-state index in [0.717, 1.165) is 17.0 Å². The zero-order valence-electron chi connectivity index (χ0n) is 16.3. The molecule has 28 heavy (non-hydrogen) atoms. The smallest absolute Gasteiger partial charge is 0.274 e. The van der Waals surface area contributed by atoms with Crippen LogP contribution in [0.1, 0.15) is 29.9 Å². The number of carbonyl (C=O) groups excluding carboxylic acids is 1. The fourth-order valence-electron chi connectivity index (χ4n) is 2.69. The molecule has 0 atom stereocenters. The van der Waals surface area contributed by atoms with Crippen molar-refractivity contribution in [2.75, 3.05) is 12.4 Å². The number of carbonyl (C=O) groups is 1. The van der Waals surface area contributed by atoms with Crippen LogP contribution in [0.2, 0.25) is 0 Å². The van der Waals surface area contributed by atoms with Gasteiger partial charge in [-0.05, 0) is 31.5 Å². The van der Waals surface area contributed by atoms with Gasteiger partial charge >= 0.3 is 0 Å². The van der Waals surface area contributed by atoms with E-state index in [1.165, 1.54) is 6.20 Å². The van der Waals surface area contributed by atoms with E-state index < -0.39 is 0 Å². The van der Waals surface area contributed by atoms with Crippen LogP contribution >= 0.6 is 0 Å². The molecule has 2 aromatic carbocycles. The molecule has 6 heteroatoms. The minimum atomic E-state index is -0.175. The molecule has 6 nitrogen and oxygen atoms in total. The number of ether oxygens (including phenoxy) is 1. The van der Waals surface area contributed by atoms with Gasteiger partial charge in [0.1, 0.15) is 17.3 Å². The van der Waals surface area contributed by atoms with E-state index in [4.69, 9.17) is 4.74 Å². The van der Waals surface area contributed by atoms with Gasteiger partial charge in [-0.1, -0.05) is 42.5 Å². The first-order valence-electron chi connectivity index (χ1n) is 9.17. The fourth-order valence-corrected chi connectivity index (χ4v) is 2.69. The maximum atomic E-state index is 12.6. The molecule has 144 valence electrons. The van der Waals surface area contributed by atoms with Crippen LogP contribution in [0.5, 0.6) is 5.75 Å². The van der Waals surface area contributed by atoms with E-state index >= 15 is 0 Å². The summed E-state index contributed by atoms with van der Waals surface area (Å²) in [6.45, 7) is 4.47. The molecule has 0 fully saturated rings. The SMILES string of the molecule is CC(C)Oc1ccccc1Nc1cnc(C(=O)N(C)Cc2ccccc2)cn1. The zero-order chi connectivity index (χ0) is 19.9. The largest absolute Gasteiger partial charge is 0.489 e. The molecule has 0 aliphatic rings. The maximum absolute atomic E-state index is 12.6. The van der Waals surface area contributed by atoms with Gasteiger partial charge in [0, 0.05) is 13.6 Å². The van der Waals surface area contributed by atoms with Crippen molar-refractivity contribution in [2.24, 2.45) is 0 Å². The predicted molar refractivity (Wildman–Crippen MR) is 110 cm³/mol. The van der Waals surface area contributed by atoms with Crippen LogP contribution in [0.3, 0.4) is 0 Å². The second-order valence-corrected chi connectivity index (χ2v) is 6.72. The first-order chi connectivity index (χ1) is 13.5. The van der Waals surface area contributed by atoms with Crippen LogP contribution < -0.4 is 10.1 Å². The van der Waals surface area contributed by atoms with Crippen molar-refractivity contribution in [2.45, 2.75) is 26.5 Å². The second-order valence-electron chi connectivity index (χ2n) is 6.72. The van der Waals surface area contributed by atoms with E-state index in [1.54, 1.807) is 18.1 Å². The summed E-state index contributed by atoms with van der Waals surface area (Å²) in [6, 6.07) is 17.5. The number of nitrogens with zero attached hydrogens (tertiary/aromatic N) is 3. The Labute approximate surface area is 165 Å². The van der Waals surface area contributed by atoms with Crippen molar-refractivity contribution in [3.63, 3.8) is 0 Å². The lowest BCUT2D eigenvalue weighted by molar-refractivity contribution is 0.0779. The van der Waals surface area contributed by atoms with Gasteiger partial charge in [0.2, 0.25) is 0 Å². The average Bonchev–Trinajstić information content (AvgIpc) is 2.70. The summed E-state index contributed by atoms with van der Waals surface area (Å²) in [7, 11) is 1.75. The Morgan fingerprint density at radius 1 is 1.04 bits per heavy atom. The number of para-hydroxylation sites is 2. The molecule has 1 aromatic heterocycles. The first-order valence-corrected chi connectivity index (χ1v) is 9.17. The summed E-state index contributed by atoms with van der Waals surface area (Å²) < 4.78 is 5.80. The summed E-state index contributed by atoms with van der Waals surface area (Å²) in [5, 5.41) is 3.19. The Morgan fingerprint density at radius 2 is 1.75 bits per heavy atom. The maximum Gasteiger partial charge on any atom is 0.274 e. The van der Waals surface area contributed by atoms with Gasteiger partial charge in [0.25, 0.3) is 5.91 Å². The monoisotopic (exact) mass is 376 g/mol. The molecule has 0 saturated heterocycles. The minimum absolute atomic E-state index is 0.0641. The van der Waals surface area contributed by atoms with Gasteiger partial charge in [-0.15, -0.1) is 0 Å². The number of nitrogens with one attached hydrogen (secondary N) is 1. The van der Waals surface area contributed by atoms with Gasteiger partial charge in [-0.3, -0.25) is 4.79 Å². The minimum Gasteiger partial charge on any atom is -0.489 e. The molecular weight excluding hydrogens is 352 g/mol. The summed E-state index contributed by atoms with van der Waals surface area (Å²) in [5.41, 5.74) is 2.16. The molecule has 3 aromatic rings. The van der Waals surface area contributed by atoms with Crippen molar-refractivity contribution in [1.29, 1.82) is 0 Å². The number of amides is 1.